The van der Waals surface area contributed by atoms with Gasteiger partial charge in [0.2, 0.25) is 0 Å². The molecule has 0 unspecified atom stereocenters. The van der Waals surface area contributed by atoms with Gasteiger partial charge in [0.15, 0.2) is 0 Å². The van der Waals surface area contributed by atoms with Gasteiger partial charge >= 0.3 is 5.97 Å². The van der Waals surface area contributed by atoms with Crippen LogP contribution in [0.5, 0.6) is 0 Å². The molecule has 3 aromatic rings. The van der Waals surface area contributed by atoms with Crippen LogP contribution in [0.25, 0.3) is 22.3 Å². The Balaban J connectivity index is 1.94. The molecule has 0 aliphatic rings. The number of aromatic amines is 2. The fourth-order valence-electron chi connectivity index (χ4n) is 2.02. The van der Waals surface area contributed by atoms with Crippen LogP contribution in [0.2, 0.25) is 0 Å². The normalized spacial score (nSPS) is 11.1. The summed E-state index contributed by atoms with van der Waals surface area (Å²) in [5.41, 5.74) is 3.53. The third-order valence-corrected chi connectivity index (χ3v) is 3.55. The molecule has 7 heteroatoms. The van der Waals surface area contributed by atoms with E-state index in [0.717, 1.165) is 26.9 Å². The highest BCUT2D eigenvalue weighted by molar-refractivity contribution is 9.10. The summed E-state index contributed by atoms with van der Waals surface area (Å²) in [4.78, 5) is 25.3. The number of benzene rings is 1. The minimum Gasteiger partial charge on any atom is -0.481 e. The zero-order chi connectivity index (χ0) is 14.1. The van der Waals surface area contributed by atoms with Gasteiger partial charge in [0.1, 0.15) is 16.1 Å². The number of fused-ring (bicyclic) bond motifs is 1. The van der Waals surface area contributed by atoms with Gasteiger partial charge < -0.3 is 15.1 Å². The fourth-order valence-corrected chi connectivity index (χ4v) is 2.56. The van der Waals surface area contributed by atoms with Gasteiger partial charge in [0.05, 0.1) is 23.8 Å². The van der Waals surface area contributed by atoms with Gasteiger partial charge in [-0.15, -0.1) is 0 Å². The van der Waals surface area contributed by atoms with Crippen LogP contribution in [-0.4, -0.2) is 31.0 Å². The standard InChI is InChI=1S/C13H11BrN4O2/c14-13-12(17-10(18-13)3-4-11(19)20)7-1-2-8-9(5-7)16-6-15-8/h1-2,5-6H,3-4H2,(H,15,16)(H,17,18)(H,19,20). The van der Waals surface area contributed by atoms with Crippen LogP contribution in [0.4, 0.5) is 0 Å². The largest absolute Gasteiger partial charge is 0.481 e. The summed E-state index contributed by atoms with van der Waals surface area (Å²) < 4.78 is 0.747. The molecule has 1 aromatic carbocycles. The highest BCUT2D eigenvalue weighted by Gasteiger charge is 2.12. The number of hydrogen-bond donors (Lipinski definition) is 3. The molecule has 2 heterocycles. The Hall–Kier alpha value is -2.15. The van der Waals surface area contributed by atoms with Crippen LogP contribution >= 0.6 is 15.9 Å². The summed E-state index contributed by atoms with van der Waals surface area (Å²) >= 11 is 3.42. The lowest BCUT2D eigenvalue weighted by Crippen LogP contribution is -1.98. The average molecular weight is 335 g/mol. The van der Waals surface area contributed by atoms with Crippen LogP contribution in [0.15, 0.2) is 29.1 Å². The molecule has 0 amide bonds. The van der Waals surface area contributed by atoms with Crippen LogP contribution in [0, 0.1) is 0 Å². The molecule has 0 atom stereocenters. The lowest BCUT2D eigenvalue weighted by molar-refractivity contribution is -0.137. The molecule has 0 aliphatic carbocycles. The van der Waals surface area contributed by atoms with Crippen molar-refractivity contribution in [1.29, 1.82) is 0 Å². The van der Waals surface area contributed by atoms with Crippen molar-refractivity contribution >= 4 is 32.9 Å². The zero-order valence-electron chi connectivity index (χ0n) is 10.4. The number of aryl methyl sites for hydroxylation is 1. The first-order valence-corrected chi connectivity index (χ1v) is 6.82. The zero-order valence-corrected chi connectivity index (χ0v) is 11.9. The molecule has 0 aliphatic heterocycles. The Morgan fingerprint density at radius 3 is 3.05 bits per heavy atom. The van der Waals surface area contributed by atoms with Gasteiger partial charge in [-0.3, -0.25) is 4.79 Å². The third-order valence-electron chi connectivity index (χ3n) is 2.98. The number of rotatable bonds is 4. The Morgan fingerprint density at radius 1 is 1.40 bits per heavy atom. The predicted octanol–water partition coefficient (Wildman–Crippen LogP) is 2.73. The smallest absolute Gasteiger partial charge is 0.303 e. The maximum absolute atomic E-state index is 10.6. The van der Waals surface area contributed by atoms with Crippen molar-refractivity contribution in [2.24, 2.45) is 0 Å². The first kappa shape index (κ1) is 12.9. The van der Waals surface area contributed by atoms with E-state index in [0.29, 0.717) is 12.2 Å². The first-order chi connectivity index (χ1) is 9.63. The molecule has 0 saturated heterocycles. The predicted molar refractivity (Wildman–Crippen MR) is 77.3 cm³/mol. The number of carbonyl (C=O) groups is 1. The number of hydrogen-bond acceptors (Lipinski definition) is 3. The van der Waals surface area contributed by atoms with E-state index < -0.39 is 5.97 Å². The SMILES string of the molecule is O=C(O)CCc1nc(-c2ccc3nc[nH]c3c2)c(Br)[nH]1. The van der Waals surface area contributed by atoms with E-state index in [-0.39, 0.29) is 6.42 Å². The molecule has 102 valence electrons. The molecule has 3 N–H and O–H groups in total. The van der Waals surface area contributed by atoms with E-state index >= 15 is 0 Å². The van der Waals surface area contributed by atoms with Gasteiger partial charge in [-0.1, -0.05) is 6.07 Å². The quantitative estimate of drug-likeness (QED) is 0.683. The van der Waals surface area contributed by atoms with Crippen molar-refractivity contribution in [2.45, 2.75) is 12.8 Å². The van der Waals surface area contributed by atoms with E-state index in [1.54, 1.807) is 6.33 Å². The van der Waals surface area contributed by atoms with Crippen molar-refractivity contribution in [3.8, 4) is 11.3 Å². The number of halogens is 1. The lowest BCUT2D eigenvalue weighted by Gasteiger charge is -1.97. The van der Waals surface area contributed by atoms with Crippen molar-refractivity contribution in [2.75, 3.05) is 0 Å². The topological polar surface area (TPSA) is 94.7 Å². The highest BCUT2D eigenvalue weighted by Crippen LogP contribution is 2.28. The van der Waals surface area contributed by atoms with Crippen LogP contribution < -0.4 is 0 Å². The summed E-state index contributed by atoms with van der Waals surface area (Å²) in [5, 5.41) is 8.70. The second kappa shape index (κ2) is 5.09. The molecule has 0 spiro atoms. The van der Waals surface area contributed by atoms with Crippen molar-refractivity contribution < 1.29 is 9.90 Å². The van der Waals surface area contributed by atoms with Gasteiger partial charge in [-0.25, -0.2) is 9.97 Å². The first-order valence-electron chi connectivity index (χ1n) is 6.03. The summed E-state index contributed by atoms with van der Waals surface area (Å²) in [7, 11) is 0. The van der Waals surface area contributed by atoms with E-state index in [9.17, 15) is 4.79 Å². The Bertz CT molecular complexity index is 778. The second-order valence-corrected chi connectivity index (χ2v) is 5.17. The van der Waals surface area contributed by atoms with Crippen molar-refractivity contribution in [3.05, 3.63) is 35.0 Å². The Morgan fingerprint density at radius 2 is 2.25 bits per heavy atom. The van der Waals surface area contributed by atoms with Gasteiger partial charge in [-0.05, 0) is 28.1 Å². The Kier molecular flexibility index (Phi) is 3.27. The van der Waals surface area contributed by atoms with Gasteiger partial charge in [-0.2, -0.15) is 0 Å². The van der Waals surface area contributed by atoms with Gasteiger partial charge in [0.25, 0.3) is 0 Å². The summed E-state index contributed by atoms with van der Waals surface area (Å²) in [5.74, 6) is -0.183. The molecule has 0 radical (unpaired) electrons. The number of imidazole rings is 2. The monoisotopic (exact) mass is 334 g/mol. The average Bonchev–Trinajstić information content (AvgIpc) is 3.01. The molecule has 0 fully saturated rings. The van der Waals surface area contributed by atoms with Crippen molar-refractivity contribution in [3.63, 3.8) is 0 Å². The number of aliphatic carboxylic acids is 1. The number of aromatic nitrogens is 4. The van der Waals surface area contributed by atoms with Crippen LogP contribution in [-0.2, 0) is 11.2 Å². The number of carboxylic acid groups (broad SMARTS) is 1. The maximum atomic E-state index is 10.6. The van der Waals surface area contributed by atoms with Gasteiger partial charge in [0, 0.05) is 12.0 Å². The van der Waals surface area contributed by atoms with E-state index in [4.69, 9.17) is 5.11 Å². The van der Waals surface area contributed by atoms with Crippen LogP contribution in [0.3, 0.4) is 0 Å². The Labute approximate surface area is 122 Å². The third kappa shape index (κ3) is 2.44. The number of carboxylic acids is 1. The molecule has 3 rings (SSSR count). The summed E-state index contributed by atoms with van der Waals surface area (Å²) in [6, 6.07) is 5.81. The number of H-pyrrole nitrogens is 2. The maximum Gasteiger partial charge on any atom is 0.303 e. The number of nitrogens with zero attached hydrogens (tertiary/aromatic N) is 2. The molecular weight excluding hydrogens is 324 g/mol. The molecular formula is C13H11BrN4O2. The van der Waals surface area contributed by atoms with Crippen molar-refractivity contribution in [1.82, 2.24) is 19.9 Å². The molecule has 0 bridgehead atoms. The second-order valence-electron chi connectivity index (χ2n) is 4.37. The molecule has 20 heavy (non-hydrogen) atoms. The molecule has 0 saturated carbocycles. The minimum absolute atomic E-state index is 0.0545. The highest BCUT2D eigenvalue weighted by atomic mass is 79.9. The summed E-state index contributed by atoms with van der Waals surface area (Å²) in [6.45, 7) is 0. The minimum atomic E-state index is -0.835. The van der Waals surface area contributed by atoms with E-state index in [2.05, 4.69) is 35.9 Å². The molecule has 6 nitrogen and oxygen atoms in total. The van der Waals surface area contributed by atoms with E-state index in [1.165, 1.54) is 0 Å². The fraction of sp³-hybridized carbons (Fsp3) is 0.154. The van der Waals surface area contributed by atoms with Crippen LogP contribution in [0.1, 0.15) is 12.2 Å². The summed E-state index contributed by atoms with van der Waals surface area (Å²) in [6.07, 6.45) is 2.07. The molecule has 2 aromatic heterocycles. The van der Waals surface area contributed by atoms with E-state index in [1.807, 2.05) is 18.2 Å². The number of nitrogens with one attached hydrogen (secondary N) is 2. The lowest BCUT2D eigenvalue weighted by atomic mass is 10.1.